The van der Waals surface area contributed by atoms with Crippen LogP contribution in [0.15, 0.2) is 85.5 Å². The Labute approximate surface area is 191 Å². The van der Waals surface area contributed by atoms with Gasteiger partial charge in [-0.1, -0.05) is 36.4 Å². The molecule has 1 fully saturated rings. The molecular weight excluding hydrogens is 388 g/mol. The van der Waals surface area contributed by atoms with Gasteiger partial charge in [-0.25, -0.2) is 0 Å². The third-order valence-corrected chi connectivity index (χ3v) is 7.56. The van der Waals surface area contributed by atoms with Gasteiger partial charge >= 0.3 is 0 Å². The fourth-order valence-electron chi connectivity index (χ4n) is 5.52. The number of nitrogens with zero attached hydrogens (tertiary/aromatic N) is 2. The van der Waals surface area contributed by atoms with Crippen LogP contribution >= 0.6 is 0 Å². The first kappa shape index (κ1) is 20.6. The smallest absolute Gasteiger partial charge is 0.0270 e. The maximum Gasteiger partial charge on any atom is 0.0270 e. The second kappa shape index (κ2) is 8.35. The molecule has 2 heterocycles. The fraction of sp³-hybridized carbons (Fsp3) is 0.267. The molecule has 4 aromatic rings. The van der Waals surface area contributed by atoms with Crippen LogP contribution < -0.4 is 0 Å². The zero-order valence-corrected chi connectivity index (χ0v) is 19.3. The molecule has 0 aliphatic heterocycles. The molecule has 32 heavy (non-hydrogen) atoms. The molecule has 0 amide bonds. The van der Waals surface area contributed by atoms with E-state index in [1.165, 1.54) is 44.5 Å². The second-order valence-corrected chi connectivity index (χ2v) is 9.35. The Bertz CT molecular complexity index is 1120. The summed E-state index contributed by atoms with van der Waals surface area (Å²) < 4.78 is 0. The van der Waals surface area contributed by atoms with Crippen molar-refractivity contribution in [3.8, 4) is 0 Å². The average molecular weight is 419 g/mol. The van der Waals surface area contributed by atoms with E-state index in [-0.39, 0.29) is 0 Å². The minimum atomic E-state index is 0.403. The van der Waals surface area contributed by atoms with Gasteiger partial charge in [-0.05, 0) is 120 Å². The number of pyridine rings is 2. The Hall–Kier alpha value is -3.26. The third kappa shape index (κ3) is 3.54. The summed E-state index contributed by atoms with van der Waals surface area (Å²) in [6.07, 6.45) is 7.74. The van der Waals surface area contributed by atoms with Crippen molar-refractivity contribution in [1.29, 1.82) is 0 Å². The zero-order chi connectivity index (χ0) is 22.2. The Morgan fingerprint density at radius 2 is 0.750 bits per heavy atom. The summed E-state index contributed by atoms with van der Waals surface area (Å²) >= 11 is 0. The van der Waals surface area contributed by atoms with Crippen molar-refractivity contribution >= 4 is 0 Å². The molecule has 0 bridgehead atoms. The molecule has 2 aromatic heterocycles. The van der Waals surface area contributed by atoms with Crippen LogP contribution in [0.25, 0.3) is 0 Å². The number of aryl methyl sites for hydroxylation is 4. The van der Waals surface area contributed by atoms with E-state index in [1.807, 2.05) is 24.8 Å². The van der Waals surface area contributed by atoms with Crippen LogP contribution in [-0.2, 0) is 0 Å². The van der Waals surface area contributed by atoms with Gasteiger partial charge in [0.15, 0.2) is 0 Å². The van der Waals surface area contributed by atoms with Crippen LogP contribution in [0.4, 0.5) is 0 Å². The first-order valence-electron chi connectivity index (χ1n) is 11.5. The van der Waals surface area contributed by atoms with E-state index in [9.17, 15) is 0 Å². The van der Waals surface area contributed by atoms with Crippen LogP contribution in [0.1, 0.15) is 68.2 Å². The predicted molar refractivity (Wildman–Crippen MR) is 131 cm³/mol. The number of rotatable bonds is 4. The van der Waals surface area contributed by atoms with Crippen molar-refractivity contribution in [2.75, 3.05) is 0 Å². The maximum atomic E-state index is 4.30. The van der Waals surface area contributed by atoms with Gasteiger partial charge in [-0.15, -0.1) is 0 Å². The fourth-order valence-corrected chi connectivity index (χ4v) is 5.52. The van der Waals surface area contributed by atoms with Gasteiger partial charge in [0, 0.05) is 24.8 Å². The minimum absolute atomic E-state index is 0.403. The highest BCUT2D eigenvalue weighted by Gasteiger charge is 2.52. The lowest BCUT2D eigenvalue weighted by Crippen LogP contribution is -2.40. The van der Waals surface area contributed by atoms with E-state index in [0.29, 0.717) is 23.7 Å². The summed E-state index contributed by atoms with van der Waals surface area (Å²) in [4.78, 5) is 8.60. The zero-order valence-electron chi connectivity index (χ0n) is 19.3. The quantitative estimate of drug-likeness (QED) is 0.351. The summed E-state index contributed by atoms with van der Waals surface area (Å²) in [5, 5.41) is 0. The first-order valence-corrected chi connectivity index (χ1v) is 11.5. The van der Waals surface area contributed by atoms with Crippen molar-refractivity contribution in [2.24, 2.45) is 0 Å². The molecule has 1 aliphatic carbocycles. The number of hydrogen-bond donors (Lipinski definition) is 0. The molecule has 0 N–H and O–H groups in total. The van der Waals surface area contributed by atoms with E-state index in [1.54, 1.807) is 0 Å². The van der Waals surface area contributed by atoms with Crippen LogP contribution in [-0.4, -0.2) is 9.97 Å². The Morgan fingerprint density at radius 1 is 0.406 bits per heavy atom. The van der Waals surface area contributed by atoms with Crippen LogP contribution in [0, 0.1) is 27.7 Å². The Kier molecular flexibility index (Phi) is 5.38. The SMILES string of the molecule is Cc1ccc(C2C(c3ccncc3)C(c3ccc(C)c(C)c3)C2c2ccncc2)cc1C. The summed E-state index contributed by atoms with van der Waals surface area (Å²) in [5.41, 5.74) is 11.0. The second-order valence-electron chi connectivity index (χ2n) is 9.35. The van der Waals surface area contributed by atoms with Crippen LogP contribution in [0.3, 0.4) is 0 Å². The molecule has 160 valence electrons. The van der Waals surface area contributed by atoms with Gasteiger partial charge < -0.3 is 0 Å². The molecule has 2 heteroatoms. The van der Waals surface area contributed by atoms with Crippen molar-refractivity contribution in [2.45, 2.75) is 51.4 Å². The number of hydrogen-bond acceptors (Lipinski definition) is 2. The molecule has 0 spiro atoms. The maximum absolute atomic E-state index is 4.30. The normalized spacial score (nSPS) is 22.4. The summed E-state index contributed by atoms with van der Waals surface area (Å²) in [5.74, 6) is 1.62. The molecule has 0 atom stereocenters. The molecule has 2 aromatic carbocycles. The third-order valence-electron chi connectivity index (χ3n) is 7.56. The largest absolute Gasteiger partial charge is 0.265 e. The van der Waals surface area contributed by atoms with Gasteiger partial charge in [-0.2, -0.15) is 0 Å². The molecular formula is C30H30N2. The number of benzene rings is 2. The van der Waals surface area contributed by atoms with Crippen LogP contribution in [0.5, 0.6) is 0 Å². The Morgan fingerprint density at radius 3 is 1.09 bits per heavy atom. The number of aromatic nitrogens is 2. The molecule has 0 unspecified atom stereocenters. The van der Waals surface area contributed by atoms with Gasteiger partial charge in [0.25, 0.3) is 0 Å². The molecule has 1 saturated carbocycles. The summed E-state index contributed by atoms with van der Waals surface area (Å²) in [6, 6.07) is 22.9. The van der Waals surface area contributed by atoms with Gasteiger partial charge in [0.2, 0.25) is 0 Å². The highest BCUT2D eigenvalue weighted by Crippen LogP contribution is 2.66. The summed E-state index contributed by atoms with van der Waals surface area (Å²) in [6.45, 7) is 8.83. The van der Waals surface area contributed by atoms with Crippen molar-refractivity contribution < 1.29 is 0 Å². The van der Waals surface area contributed by atoms with Crippen molar-refractivity contribution in [1.82, 2.24) is 9.97 Å². The molecule has 0 radical (unpaired) electrons. The van der Waals surface area contributed by atoms with Crippen molar-refractivity contribution in [3.63, 3.8) is 0 Å². The van der Waals surface area contributed by atoms with E-state index >= 15 is 0 Å². The van der Waals surface area contributed by atoms with Crippen molar-refractivity contribution in [3.05, 3.63) is 130 Å². The van der Waals surface area contributed by atoms with Gasteiger partial charge in [0.05, 0.1) is 0 Å². The van der Waals surface area contributed by atoms with Crippen LogP contribution in [0.2, 0.25) is 0 Å². The van der Waals surface area contributed by atoms with E-state index < -0.39 is 0 Å². The highest BCUT2D eigenvalue weighted by atomic mass is 14.6. The standard InChI is InChI=1S/C30H30N2/c1-19-5-7-25(17-21(19)3)29-27(23-9-13-31-14-10-23)30(26-8-6-20(2)22(4)18-26)28(29)24-11-15-32-16-12-24/h5-18,27-30H,1-4H3. The molecule has 2 nitrogen and oxygen atoms in total. The molecule has 5 rings (SSSR count). The predicted octanol–water partition coefficient (Wildman–Crippen LogP) is 7.16. The van der Waals surface area contributed by atoms with Gasteiger partial charge in [-0.3, -0.25) is 9.97 Å². The highest BCUT2D eigenvalue weighted by molar-refractivity contribution is 5.49. The lowest BCUT2D eigenvalue weighted by atomic mass is 9.49. The Balaban J connectivity index is 1.70. The lowest BCUT2D eigenvalue weighted by molar-refractivity contribution is 0.228. The summed E-state index contributed by atoms with van der Waals surface area (Å²) in [7, 11) is 0. The van der Waals surface area contributed by atoms with E-state index in [2.05, 4.69) is 98.3 Å². The van der Waals surface area contributed by atoms with E-state index in [4.69, 9.17) is 0 Å². The molecule has 0 saturated heterocycles. The van der Waals surface area contributed by atoms with Gasteiger partial charge in [0.1, 0.15) is 0 Å². The topological polar surface area (TPSA) is 25.8 Å². The molecule has 1 aliphatic rings. The average Bonchev–Trinajstić information content (AvgIpc) is 2.79. The monoisotopic (exact) mass is 418 g/mol. The lowest BCUT2D eigenvalue weighted by Gasteiger charge is -2.54. The van der Waals surface area contributed by atoms with E-state index in [0.717, 1.165) is 0 Å². The minimum Gasteiger partial charge on any atom is -0.265 e. The first-order chi connectivity index (χ1) is 15.5.